The minimum absolute atomic E-state index is 0.00384. The highest BCUT2D eigenvalue weighted by Gasteiger charge is 2.41. The van der Waals surface area contributed by atoms with Crippen LogP contribution in [0.5, 0.6) is 0 Å². The molecular weight excluding hydrogens is 281 g/mol. The highest BCUT2D eigenvalue weighted by atomic mass is 79.9. The topological polar surface area (TPSA) is 3.24 Å². The molecule has 0 saturated carbocycles. The highest BCUT2D eigenvalue weighted by molar-refractivity contribution is 9.10. The van der Waals surface area contributed by atoms with Gasteiger partial charge in [-0.2, -0.15) is 0 Å². The van der Waals surface area contributed by atoms with Crippen LogP contribution in [0, 0.1) is 5.82 Å². The number of nitrogens with zero attached hydrogens (tertiary/aromatic N) is 1. The monoisotopic (exact) mass is 299 g/mol. The number of benzene rings is 1. The summed E-state index contributed by atoms with van der Waals surface area (Å²) in [5, 5.41) is 0. The number of hydrogen-bond donors (Lipinski definition) is 0. The number of hydrogen-bond acceptors (Lipinski definition) is 1. The van der Waals surface area contributed by atoms with Gasteiger partial charge in [-0.3, -0.25) is 0 Å². The molecule has 0 aromatic heterocycles. The van der Waals surface area contributed by atoms with Gasteiger partial charge in [0.25, 0.3) is 0 Å². The molecular formula is C14H19BrFN. The van der Waals surface area contributed by atoms with Crippen molar-refractivity contribution in [2.24, 2.45) is 0 Å². The van der Waals surface area contributed by atoms with Gasteiger partial charge >= 0.3 is 0 Å². The summed E-state index contributed by atoms with van der Waals surface area (Å²) in [5.74, 6) is -0.0611. The molecule has 1 aromatic rings. The zero-order chi connectivity index (χ0) is 12.6. The Hall–Kier alpha value is -0.570. The zero-order valence-electron chi connectivity index (χ0n) is 10.7. The van der Waals surface area contributed by atoms with Crippen molar-refractivity contribution in [1.82, 2.24) is 0 Å². The third kappa shape index (κ3) is 1.88. The van der Waals surface area contributed by atoms with E-state index < -0.39 is 0 Å². The fourth-order valence-electron chi connectivity index (χ4n) is 2.97. The van der Waals surface area contributed by atoms with Crippen molar-refractivity contribution in [3.05, 3.63) is 28.0 Å². The maximum absolute atomic E-state index is 14.3. The lowest BCUT2D eigenvalue weighted by Crippen LogP contribution is -2.32. The Kier molecular flexibility index (Phi) is 3.48. The van der Waals surface area contributed by atoms with E-state index in [1.54, 1.807) is 6.07 Å². The fraction of sp³-hybridized carbons (Fsp3) is 0.571. The molecule has 94 valence electrons. The van der Waals surface area contributed by atoms with Crippen molar-refractivity contribution >= 4 is 21.6 Å². The van der Waals surface area contributed by atoms with Gasteiger partial charge in [0, 0.05) is 34.2 Å². The first kappa shape index (κ1) is 12.9. The lowest BCUT2D eigenvalue weighted by molar-refractivity contribution is 0.404. The quantitative estimate of drug-likeness (QED) is 0.795. The molecule has 1 aliphatic rings. The van der Waals surface area contributed by atoms with Gasteiger partial charge in [0.1, 0.15) is 5.82 Å². The standard InChI is InChI=1S/C14H19BrFN/c1-4-14(5-2)9-17(6-3)12-8-10(15)7-11(16)13(12)14/h7-8H,4-6,9H2,1-3H3. The van der Waals surface area contributed by atoms with E-state index in [0.717, 1.165) is 41.7 Å². The molecule has 0 unspecified atom stereocenters. The number of rotatable bonds is 3. The van der Waals surface area contributed by atoms with Gasteiger partial charge in [-0.15, -0.1) is 0 Å². The predicted octanol–water partition coefficient (Wildman–Crippen LogP) is 4.49. The molecule has 0 spiro atoms. The molecule has 1 aromatic carbocycles. The third-order valence-corrected chi connectivity index (χ3v) is 4.59. The summed E-state index contributed by atoms with van der Waals surface area (Å²) in [5.41, 5.74) is 1.99. The van der Waals surface area contributed by atoms with Crippen LogP contribution in [0.3, 0.4) is 0 Å². The SMILES string of the molecule is CCN1CC(CC)(CC)c2c(F)cc(Br)cc21. The maximum atomic E-state index is 14.3. The summed E-state index contributed by atoms with van der Waals surface area (Å²) in [6.45, 7) is 8.33. The molecule has 0 aliphatic carbocycles. The second-order valence-corrected chi connectivity index (χ2v) is 5.70. The van der Waals surface area contributed by atoms with Gasteiger partial charge < -0.3 is 4.90 Å². The van der Waals surface area contributed by atoms with Gasteiger partial charge in [-0.25, -0.2) is 4.39 Å². The molecule has 0 N–H and O–H groups in total. The Balaban J connectivity index is 2.64. The number of halogens is 2. The van der Waals surface area contributed by atoms with Crippen molar-refractivity contribution in [2.45, 2.75) is 39.0 Å². The minimum Gasteiger partial charge on any atom is -0.371 e. The number of likely N-dealkylation sites (N-methyl/N-ethyl adjacent to an activating group) is 1. The first-order chi connectivity index (χ1) is 8.07. The lowest BCUT2D eigenvalue weighted by Gasteiger charge is -2.28. The molecule has 1 nitrogen and oxygen atoms in total. The highest BCUT2D eigenvalue weighted by Crippen LogP contribution is 2.47. The van der Waals surface area contributed by atoms with Crippen LogP contribution in [0.25, 0.3) is 0 Å². The van der Waals surface area contributed by atoms with Crippen molar-refractivity contribution in [1.29, 1.82) is 0 Å². The molecule has 1 aliphatic heterocycles. The largest absolute Gasteiger partial charge is 0.371 e. The summed E-state index contributed by atoms with van der Waals surface area (Å²) in [6.07, 6.45) is 1.98. The van der Waals surface area contributed by atoms with Crippen LogP contribution in [0.1, 0.15) is 39.2 Å². The molecule has 0 radical (unpaired) electrons. The lowest BCUT2D eigenvalue weighted by atomic mass is 9.77. The van der Waals surface area contributed by atoms with Crippen molar-refractivity contribution in [3.63, 3.8) is 0 Å². The first-order valence-electron chi connectivity index (χ1n) is 6.32. The van der Waals surface area contributed by atoms with Gasteiger partial charge in [-0.1, -0.05) is 29.8 Å². The average molecular weight is 300 g/mol. The van der Waals surface area contributed by atoms with E-state index in [2.05, 4.69) is 47.7 Å². The summed E-state index contributed by atoms with van der Waals surface area (Å²) in [4.78, 5) is 2.29. The minimum atomic E-state index is -0.0611. The van der Waals surface area contributed by atoms with Gasteiger partial charge in [0.15, 0.2) is 0 Å². The summed E-state index contributed by atoms with van der Waals surface area (Å²) in [7, 11) is 0. The Morgan fingerprint density at radius 2 is 1.94 bits per heavy atom. The van der Waals surface area contributed by atoms with Gasteiger partial charge in [0.2, 0.25) is 0 Å². The Bertz CT molecular complexity index is 426. The molecule has 0 bridgehead atoms. The maximum Gasteiger partial charge on any atom is 0.130 e. The fourth-order valence-corrected chi connectivity index (χ4v) is 3.39. The molecule has 0 atom stereocenters. The van der Waals surface area contributed by atoms with E-state index in [-0.39, 0.29) is 11.2 Å². The van der Waals surface area contributed by atoms with E-state index in [4.69, 9.17) is 0 Å². The molecule has 2 rings (SSSR count). The van der Waals surface area contributed by atoms with E-state index in [0.29, 0.717) is 0 Å². The van der Waals surface area contributed by atoms with Crippen LogP contribution >= 0.6 is 15.9 Å². The molecule has 0 amide bonds. The van der Waals surface area contributed by atoms with Crippen LogP contribution < -0.4 is 4.90 Å². The van der Waals surface area contributed by atoms with Crippen LogP contribution in [0.15, 0.2) is 16.6 Å². The van der Waals surface area contributed by atoms with E-state index in [1.807, 2.05) is 0 Å². The van der Waals surface area contributed by atoms with Crippen LogP contribution in [-0.2, 0) is 5.41 Å². The van der Waals surface area contributed by atoms with Crippen LogP contribution in [0.4, 0.5) is 10.1 Å². The molecule has 0 fully saturated rings. The predicted molar refractivity (Wildman–Crippen MR) is 74.2 cm³/mol. The summed E-state index contributed by atoms with van der Waals surface area (Å²) >= 11 is 3.39. The number of anilines is 1. The Morgan fingerprint density at radius 1 is 1.29 bits per heavy atom. The van der Waals surface area contributed by atoms with Crippen LogP contribution in [0.2, 0.25) is 0 Å². The van der Waals surface area contributed by atoms with Crippen molar-refractivity contribution in [2.75, 3.05) is 18.0 Å². The van der Waals surface area contributed by atoms with Crippen LogP contribution in [-0.4, -0.2) is 13.1 Å². The van der Waals surface area contributed by atoms with Gasteiger partial charge in [0.05, 0.1) is 0 Å². The van der Waals surface area contributed by atoms with E-state index in [1.165, 1.54) is 0 Å². The third-order valence-electron chi connectivity index (χ3n) is 4.13. The molecule has 17 heavy (non-hydrogen) atoms. The molecule has 3 heteroatoms. The molecule has 1 heterocycles. The van der Waals surface area contributed by atoms with E-state index >= 15 is 0 Å². The summed E-state index contributed by atoms with van der Waals surface area (Å²) in [6, 6.07) is 3.65. The zero-order valence-corrected chi connectivity index (χ0v) is 12.3. The second-order valence-electron chi connectivity index (χ2n) is 4.78. The smallest absolute Gasteiger partial charge is 0.130 e. The van der Waals surface area contributed by atoms with Gasteiger partial charge in [-0.05, 0) is 31.9 Å². The van der Waals surface area contributed by atoms with E-state index in [9.17, 15) is 4.39 Å². The van der Waals surface area contributed by atoms with Crippen molar-refractivity contribution < 1.29 is 4.39 Å². The van der Waals surface area contributed by atoms with Crippen molar-refractivity contribution in [3.8, 4) is 0 Å². The Morgan fingerprint density at radius 3 is 2.47 bits per heavy atom. The average Bonchev–Trinajstić information content (AvgIpc) is 2.63. The normalized spacial score (nSPS) is 17.4. The first-order valence-corrected chi connectivity index (χ1v) is 7.11. The number of fused-ring (bicyclic) bond motifs is 1. The Labute approximate surface area is 111 Å². The molecule has 0 saturated heterocycles. The second kappa shape index (κ2) is 4.60. The summed E-state index contributed by atoms with van der Waals surface area (Å²) < 4.78 is 15.1.